The van der Waals surface area contributed by atoms with Crippen molar-refractivity contribution in [2.24, 2.45) is 10.2 Å². The van der Waals surface area contributed by atoms with E-state index in [4.69, 9.17) is 35.9 Å². The zero-order chi connectivity index (χ0) is 31.1. The molecule has 2 aromatic rings. The van der Waals surface area contributed by atoms with Crippen LogP contribution in [0.4, 0.5) is 11.4 Å². The topological polar surface area (TPSA) is 168 Å². The van der Waals surface area contributed by atoms with E-state index in [1.807, 2.05) is 6.07 Å². The van der Waals surface area contributed by atoms with Crippen molar-refractivity contribution in [1.82, 2.24) is 4.57 Å². The van der Waals surface area contributed by atoms with Crippen LogP contribution in [-0.2, 0) is 42.9 Å². The first-order chi connectivity index (χ1) is 19.8. The number of esters is 4. The number of carbonyl (C=O) groups is 4. The van der Waals surface area contributed by atoms with Crippen LogP contribution in [0.1, 0.15) is 50.7 Å². The number of carbonyl (C=O) groups excluding carboxylic acids is 4. The molecule has 5 atom stereocenters. The van der Waals surface area contributed by atoms with Crippen LogP contribution in [0.3, 0.4) is 0 Å². The smallest absolute Gasteiger partial charge is 0.303 e. The molecule has 1 aromatic heterocycles. The lowest BCUT2D eigenvalue weighted by Crippen LogP contribution is -2.60. The van der Waals surface area contributed by atoms with Crippen molar-refractivity contribution in [3.05, 3.63) is 51.8 Å². The highest BCUT2D eigenvalue weighted by Crippen LogP contribution is 2.39. The molecular weight excluding hydrogens is 568 g/mol. The second kappa shape index (κ2) is 13.9. The van der Waals surface area contributed by atoms with E-state index in [9.17, 15) is 24.4 Å². The largest absolute Gasteiger partial charge is 0.463 e. The Labute approximate surface area is 247 Å². The highest BCUT2D eigenvalue weighted by molar-refractivity contribution is 7.71. The van der Waals surface area contributed by atoms with Gasteiger partial charge < -0.3 is 28.3 Å². The molecule has 0 amide bonds. The number of nitrogens with zero attached hydrogens (tertiary/aromatic N) is 4. The number of azo groups is 1. The van der Waals surface area contributed by atoms with Crippen molar-refractivity contribution in [2.45, 2.75) is 72.2 Å². The molecule has 1 saturated heterocycles. The van der Waals surface area contributed by atoms with Gasteiger partial charge in [-0.3, -0.25) is 19.2 Å². The molecule has 1 aliphatic rings. The van der Waals surface area contributed by atoms with Gasteiger partial charge in [-0.1, -0.05) is 30.4 Å². The summed E-state index contributed by atoms with van der Waals surface area (Å²) >= 11 is 5.69. The summed E-state index contributed by atoms with van der Waals surface area (Å²) in [5.41, 5.74) is 1.73. The van der Waals surface area contributed by atoms with E-state index in [-0.39, 0.29) is 15.9 Å². The molecule has 0 N–H and O–H groups in total. The average Bonchev–Trinajstić information content (AvgIpc) is 2.90. The number of nitriles is 1. The molecule has 14 heteroatoms. The summed E-state index contributed by atoms with van der Waals surface area (Å²) in [5.74, 6) is -2.96. The summed E-state index contributed by atoms with van der Waals surface area (Å²) in [4.78, 5) is 48.3. The van der Waals surface area contributed by atoms with Gasteiger partial charge in [-0.25, -0.2) is 0 Å². The summed E-state index contributed by atoms with van der Waals surface area (Å²) in [7, 11) is 0. The molecule has 2 heterocycles. The molecule has 42 heavy (non-hydrogen) atoms. The van der Waals surface area contributed by atoms with E-state index in [0.717, 1.165) is 20.8 Å². The van der Waals surface area contributed by atoms with Crippen molar-refractivity contribution in [1.29, 1.82) is 5.26 Å². The van der Waals surface area contributed by atoms with E-state index in [2.05, 4.69) is 16.3 Å². The van der Waals surface area contributed by atoms with Gasteiger partial charge in [0.05, 0.1) is 11.3 Å². The van der Waals surface area contributed by atoms with Gasteiger partial charge in [0.2, 0.25) is 0 Å². The number of hydrogen-bond donors (Lipinski definition) is 0. The van der Waals surface area contributed by atoms with Crippen LogP contribution in [0.5, 0.6) is 0 Å². The minimum Gasteiger partial charge on any atom is -0.463 e. The molecule has 0 spiro atoms. The number of pyridine rings is 1. The van der Waals surface area contributed by atoms with Crippen LogP contribution < -0.4 is 0 Å². The predicted molar refractivity (Wildman–Crippen MR) is 147 cm³/mol. The Balaban J connectivity index is 2.29. The summed E-state index contributed by atoms with van der Waals surface area (Å²) in [5, 5.41) is 18.7. The van der Waals surface area contributed by atoms with E-state index in [1.54, 1.807) is 38.1 Å². The quantitative estimate of drug-likeness (QED) is 0.183. The minimum absolute atomic E-state index is 0.00654. The molecule has 1 aromatic carbocycles. The highest BCUT2D eigenvalue weighted by atomic mass is 32.1. The van der Waals surface area contributed by atoms with Crippen molar-refractivity contribution in [2.75, 3.05) is 6.61 Å². The van der Waals surface area contributed by atoms with Gasteiger partial charge in [-0.15, -0.1) is 5.11 Å². The van der Waals surface area contributed by atoms with Crippen molar-refractivity contribution in [3.63, 3.8) is 0 Å². The fourth-order valence-electron chi connectivity index (χ4n) is 4.54. The predicted octanol–water partition coefficient (Wildman–Crippen LogP) is 4.38. The number of hydrogen-bond acceptors (Lipinski definition) is 13. The lowest BCUT2D eigenvalue weighted by Gasteiger charge is -2.45. The summed E-state index contributed by atoms with van der Waals surface area (Å²) in [6.45, 7) is 7.46. The van der Waals surface area contributed by atoms with Crippen LogP contribution >= 0.6 is 12.2 Å². The highest BCUT2D eigenvalue weighted by Gasteiger charge is 2.53. The summed E-state index contributed by atoms with van der Waals surface area (Å²) in [6, 6.07) is 11.0. The van der Waals surface area contributed by atoms with E-state index >= 15 is 0 Å². The molecule has 0 unspecified atom stereocenters. The van der Waals surface area contributed by atoms with Gasteiger partial charge in [0.15, 0.2) is 24.5 Å². The SMILES string of the molecule is CC(=O)OC[C@H]1O[C@@H](n2c(C)c(N=Nc3ccccc3)c(C)c(C#N)c2=S)[C@H](OC(C)=O)[C@@H](OC(C)=O)[C@H]1OC(C)=O. The number of benzene rings is 1. The molecule has 13 nitrogen and oxygen atoms in total. The Hall–Kier alpha value is -4.48. The molecule has 1 aliphatic heterocycles. The van der Waals surface area contributed by atoms with Crippen molar-refractivity contribution < 1.29 is 42.9 Å². The third-order valence-electron chi connectivity index (χ3n) is 6.22. The molecular formula is C28H30N4O9S. The first kappa shape index (κ1) is 32.0. The monoisotopic (exact) mass is 598 g/mol. The normalized spacial score (nSPS) is 21.7. The lowest BCUT2D eigenvalue weighted by atomic mass is 9.96. The first-order valence-corrected chi connectivity index (χ1v) is 13.2. The van der Waals surface area contributed by atoms with Gasteiger partial charge in [0.1, 0.15) is 29.1 Å². The Kier molecular flexibility index (Phi) is 10.6. The molecule has 0 bridgehead atoms. The van der Waals surface area contributed by atoms with Crippen LogP contribution in [0.2, 0.25) is 0 Å². The number of rotatable bonds is 8. The average molecular weight is 599 g/mol. The van der Waals surface area contributed by atoms with E-state index in [1.165, 1.54) is 11.5 Å². The molecule has 0 saturated carbocycles. The number of aromatic nitrogens is 1. The molecule has 0 radical (unpaired) electrons. The van der Waals surface area contributed by atoms with Crippen molar-refractivity contribution >= 4 is 47.5 Å². The Bertz CT molecular complexity index is 1500. The van der Waals surface area contributed by atoms with Gasteiger partial charge >= 0.3 is 23.9 Å². The molecule has 222 valence electrons. The maximum atomic E-state index is 12.3. The van der Waals surface area contributed by atoms with Crippen LogP contribution in [0.15, 0.2) is 40.6 Å². The van der Waals surface area contributed by atoms with E-state index < -0.39 is 61.1 Å². The fourth-order valence-corrected chi connectivity index (χ4v) is 4.98. The summed E-state index contributed by atoms with van der Waals surface area (Å²) in [6.07, 6.45) is -6.75. The summed E-state index contributed by atoms with van der Waals surface area (Å²) < 4.78 is 29.4. The lowest BCUT2D eigenvalue weighted by molar-refractivity contribution is -0.269. The van der Waals surface area contributed by atoms with Crippen LogP contribution in [-0.4, -0.2) is 59.5 Å². The maximum absolute atomic E-state index is 12.3. The third kappa shape index (κ3) is 7.42. The zero-order valence-electron chi connectivity index (χ0n) is 23.9. The second-order valence-electron chi connectivity index (χ2n) is 9.35. The van der Waals surface area contributed by atoms with Gasteiger partial charge in [-0.2, -0.15) is 10.4 Å². The standard InChI is InChI=1S/C28H30N4O9S/c1-14-21(12-29)28(42)32(15(2)23(14)31-30-20-10-8-7-9-11-20)27-26(40-19(6)36)25(39-18(5)35)24(38-17(4)34)22(41-27)13-37-16(3)33/h7-11,22,24-27H,13H2,1-6H3/t22-,24+,25+,26-,27-/m1/s1. The molecule has 1 fully saturated rings. The third-order valence-corrected chi connectivity index (χ3v) is 6.62. The van der Waals surface area contributed by atoms with Crippen LogP contribution in [0, 0.1) is 29.8 Å². The van der Waals surface area contributed by atoms with Crippen molar-refractivity contribution in [3.8, 4) is 6.07 Å². The Morgan fingerprint density at radius 1 is 0.905 bits per heavy atom. The number of ether oxygens (including phenoxy) is 5. The first-order valence-electron chi connectivity index (χ1n) is 12.8. The van der Waals surface area contributed by atoms with E-state index in [0.29, 0.717) is 16.9 Å². The zero-order valence-corrected chi connectivity index (χ0v) is 24.7. The molecule has 0 aliphatic carbocycles. The van der Waals surface area contributed by atoms with Gasteiger partial charge in [-0.05, 0) is 31.5 Å². The Morgan fingerprint density at radius 2 is 1.48 bits per heavy atom. The van der Waals surface area contributed by atoms with Gasteiger partial charge in [0.25, 0.3) is 0 Å². The molecule has 3 rings (SSSR count). The van der Waals surface area contributed by atoms with Gasteiger partial charge in [0, 0.05) is 33.4 Å². The minimum atomic E-state index is -1.43. The van der Waals surface area contributed by atoms with Crippen LogP contribution in [0.25, 0.3) is 0 Å². The second-order valence-corrected chi connectivity index (χ2v) is 9.73. The maximum Gasteiger partial charge on any atom is 0.303 e. The Morgan fingerprint density at radius 3 is 2.02 bits per heavy atom. The fraction of sp³-hybridized carbons (Fsp3) is 0.429.